The van der Waals surface area contributed by atoms with E-state index in [0.717, 1.165) is 31.6 Å². The molecule has 8 heteroatoms. The zero-order valence-corrected chi connectivity index (χ0v) is 13.9. The molecule has 2 N–H and O–H groups in total. The maximum Gasteiger partial charge on any atom is 0.507 e. The SMILES string of the molecule is CC(C)(C)OC(=O)N1CCC2(CC1)CCn1c(B(O)O)cnc12. The normalized spacial score (nSPS) is 19.8. The van der Waals surface area contributed by atoms with Crippen molar-refractivity contribution in [1.82, 2.24) is 14.5 Å². The van der Waals surface area contributed by atoms with Crippen LogP contribution in [0.3, 0.4) is 0 Å². The molecule has 0 radical (unpaired) electrons. The largest absolute Gasteiger partial charge is 0.507 e. The quantitative estimate of drug-likeness (QED) is 0.723. The van der Waals surface area contributed by atoms with Crippen molar-refractivity contribution in [3.63, 3.8) is 0 Å². The summed E-state index contributed by atoms with van der Waals surface area (Å²) in [5.74, 6) is 0.921. The summed E-state index contributed by atoms with van der Waals surface area (Å²) in [5, 5.41) is 18.8. The molecule has 23 heavy (non-hydrogen) atoms. The summed E-state index contributed by atoms with van der Waals surface area (Å²) in [6, 6.07) is 0. The zero-order valence-electron chi connectivity index (χ0n) is 13.9. The van der Waals surface area contributed by atoms with Crippen molar-refractivity contribution in [2.24, 2.45) is 0 Å². The molecule has 2 aliphatic rings. The highest BCUT2D eigenvalue weighted by molar-refractivity contribution is 6.57. The molecule has 1 aromatic heterocycles. The molecule has 0 saturated carbocycles. The Morgan fingerprint density at radius 2 is 1.87 bits per heavy atom. The lowest BCUT2D eigenvalue weighted by atomic mass is 9.77. The number of imidazole rings is 1. The molecule has 126 valence electrons. The molecular weight excluding hydrogens is 297 g/mol. The predicted octanol–water partition coefficient (Wildman–Crippen LogP) is 0.235. The summed E-state index contributed by atoms with van der Waals surface area (Å²) in [6.07, 6.45) is 3.85. The van der Waals surface area contributed by atoms with Gasteiger partial charge in [-0.15, -0.1) is 0 Å². The molecule has 1 amide bonds. The topological polar surface area (TPSA) is 87.8 Å². The van der Waals surface area contributed by atoms with Crippen LogP contribution in [0.25, 0.3) is 0 Å². The number of amides is 1. The third-order valence-corrected chi connectivity index (χ3v) is 4.81. The zero-order chi connectivity index (χ0) is 16.8. The van der Waals surface area contributed by atoms with Gasteiger partial charge in [0.05, 0.1) is 5.59 Å². The van der Waals surface area contributed by atoms with Gasteiger partial charge in [-0.05, 0) is 40.0 Å². The molecule has 0 atom stereocenters. The first-order valence-corrected chi connectivity index (χ1v) is 8.12. The Morgan fingerprint density at radius 3 is 2.43 bits per heavy atom. The molecule has 3 heterocycles. The van der Waals surface area contributed by atoms with Gasteiger partial charge in [0.25, 0.3) is 0 Å². The van der Waals surface area contributed by atoms with Crippen LogP contribution in [0, 0.1) is 0 Å². The van der Waals surface area contributed by atoms with Crippen molar-refractivity contribution in [3.8, 4) is 0 Å². The molecule has 3 rings (SSSR count). The number of piperidine rings is 1. The van der Waals surface area contributed by atoms with E-state index in [1.807, 2.05) is 25.3 Å². The van der Waals surface area contributed by atoms with Crippen molar-refractivity contribution < 1.29 is 19.6 Å². The molecular formula is C15H24BN3O4. The van der Waals surface area contributed by atoms with Crippen molar-refractivity contribution in [2.75, 3.05) is 13.1 Å². The van der Waals surface area contributed by atoms with E-state index in [2.05, 4.69) is 4.98 Å². The van der Waals surface area contributed by atoms with Gasteiger partial charge in [-0.25, -0.2) is 9.78 Å². The lowest BCUT2D eigenvalue weighted by Gasteiger charge is -2.38. The summed E-state index contributed by atoms with van der Waals surface area (Å²) >= 11 is 0. The summed E-state index contributed by atoms with van der Waals surface area (Å²) in [5.41, 5.74) is -0.0976. The van der Waals surface area contributed by atoms with Crippen molar-refractivity contribution >= 4 is 18.8 Å². The van der Waals surface area contributed by atoms with Crippen LogP contribution in [-0.4, -0.2) is 56.4 Å². The molecule has 0 aliphatic carbocycles. The highest BCUT2D eigenvalue weighted by Gasteiger charge is 2.45. The van der Waals surface area contributed by atoms with E-state index in [1.54, 1.807) is 11.1 Å². The summed E-state index contributed by atoms with van der Waals surface area (Å²) in [7, 11) is -1.49. The molecule has 7 nitrogen and oxygen atoms in total. The van der Waals surface area contributed by atoms with Gasteiger partial charge in [-0.2, -0.15) is 0 Å². The first-order chi connectivity index (χ1) is 10.7. The number of nitrogens with zero attached hydrogens (tertiary/aromatic N) is 3. The lowest BCUT2D eigenvalue weighted by Crippen LogP contribution is -2.46. The number of ether oxygens (including phenoxy) is 1. The first kappa shape index (κ1) is 16.3. The predicted molar refractivity (Wildman–Crippen MR) is 85.4 cm³/mol. The third kappa shape index (κ3) is 2.97. The number of likely N-dealkylation sites (tertiary alicyclic amines) is 1. The highest BCUT2D eigenvalue weighted by Crippen LogP contribution is 2.42. The number of carbonyl (C=O) groups is 1. The van der Waals surface area contributed by atoms with Gasteiger partial charge in [-0.1, -0.05) is 0 Å². The molecule has 1 fully saturated rings. The van der Waals surface area contributed by atoms with Crippen LogP contribution in [0.15, 0.2) is 6.20 Å². The van der Waals surface area contributed by atoms with Crippen LogP contribution in [0.2, 0.25) is 0 Å². The van der Waals surface area contributed by atoms with Crippen LogP contribution in [0.1, 0.15) is 45.9 Å². The summed E-state index contributed by atoms with van der Waals surface area (Å²) < 4.78 is 7.34. The van der Waals surface area contributed by atoms with Crippen LogP contribution < -0.4 is 5.59 Å². The Bertz CT molecular complexity index is 600. The van der Waals surface area contributed by atoms with E-state index in [1.165, 1.54) is 0 Å². The Hall–Kier alpha value is -1.54. The minimum Gasteiger partial charge on any atom is -0.444 e. The fraction of sp³-hybridized carbons (Fsp3) is 0.733. The Morgan fingerprint density at radius 1 is 1.26 bits per heavy atom. The van der Waals surface area contributed by atoms with Gasteiger partial charge in [0.15, 0.2) is 0 Å². The standard InChI is InChI=1S/C15H24BN3O4/c1-14(2,3)23-13(20)18-7-4-15(5-8-18)6-9-19-11(16(21)22)10-17-12(15)19/h10,21-22H,4-9H2,1-3H3. The monoisotopic (exact) mass is 321 g/mol. The fourth-order valence-electron chi connectivity index (χ4n) is 3.61. The van der Waals surface area contributed by atoms with E-state index in [-0.39, 0.29) is 11.5 Å². The lowest BCUT2D eigenvalue weighted by molar-refractivity contribution is 0.0162. The van der Waals surface area contributed by atoms with Gasteiger partial charge in [0, 0.05) is 31.2 Å². The smallest absolute Gasteiger partial charge is 0.444 e. The number of fused-ring (bicyclic) bond motifs is 2. The Labute approximate surface area is 136 Å². The second-order valence-corrected chi connectivity index (χ2v) is 7.53. The van der Waals surface area contributed by atoms with Gasteiger partial charge >= 0.3 is 13.2 Å². The molecule has 0 unspecified atom stereocenters. The molecule has 2 aliphatic heterocycles. The van der Waals surface area contributed by atoms with Crippen LogP contribution in [0.4, 0.5) is 4.79 Å². The van der Waals surface area contributed by atoms with Crippen LogP contribution in [-0.2, 0) is 16.7 Å². The van der Waals surface area contributed by atoms with Gasteiger partial charge in [-0.3, -0.25) is 0 Å². The maximum absolute atomic E-state index is 12.2. The van der Waals surface area contributed by atoms with E-state index in [0.29, 0.717) is 18.7 Å². The maximum atomic E-state index is 12.2. The minimum atomic E-state index is -1.49. The average Bonchev–Trinajstić information content (AvgIpc) is 3.00. The molecule has 0 aromatic carbocycles. The Kier molecular flexibility index (Phi) is 3.92. The van der Waals surface area contributed by atoms with E-state index >= 15 is 0 Å². The van der Waals surface area contributed by atoms with Gasteiger partial charge < -0.3 is 24.3 Å². The average molecular weight is 321 g/mol. The van der Waals surface area contributed by atoms with Gasteiger partial charge in [0.2, 0.25) is 0 Å². The number of rotatable bonds is 1. The van der Waals surface area contributed by atoms with E-state index in [4.69, 9.17) is 4.74 Å². The molecule has 1 aromatic rings. The second kappa shape index (κ2) is 5.52. The fourth-order valence-corrected chi connectivity index (χ4v) is 3.61. The number of carbonyl (C=O) groups excluding carboxylic acids is 1. The van der Waals surface area contributed by atoms with E-state index in [9.17, 15) is 14.8 Å². The van der Waals surface area contributed by atoms with Crippen molar-refractivity contribution in [3.05, 3.63) is 12.0 Å². The molecule has 1 saturated heterocycles. The van der Waals surface area contributed by atoms with E-state index < -0.39 is 12.7 Å². The second-order valence-electron chi connectivity index (χ2n) is 7.53. The number of hydrogen-bond donors (Lipinski definition) is 2. The van der Waals surface area contributed by atoms with Crippen molar-refractivity contribution in [1.29, 1.82) is 0 Å². The van der Waals surface area contributed by atoms with Crippen molar-refractivity contribution in [2.45, 2.75) is 57.6 Å². The Balaban J connectivity index is 1.70. The number of hydrogen-bond acceptors (Lipinski definition) is 5. The highest BCUT2D eigenvalue weighted by atomic mass is 16.6. The molecule has 0 bridgehead atoms. The van der Waals surface area contributed by atoms with Crippen LogP contribution in [0.5, 0.6) is 0 Å². The van der Waals surface area contributed by atoms with Gasteiger partial charge in [0.1, 0.15) is 11.4 Å². The molecule has 1 spiro atoms. The number of aromatic nitrogens is 2. The first-order valence-electron chi connectivity index (χ1n) is 8.12. The third-order valence-electron chi connectivity index (χ3n) is 4.81. The minimum absolute atomic E-state index is 0.0638. The summed E-state index contributed by atoms with van der Waals surface area (Å²) in [6.45, 7) is 7.62. The van der Waals surface area contributed by atoms with Crippen LogP contribution >= 0.6 is 0 Å². The summed E-state index contributed by atoms with van der Waals surface area (Å²) in [4.78, 5) is 18.4.